The zero-order chi connectivity index (χ0) is 21.4. The van der Waals surface area contributed by atoms with E-state index in [4.69, 9.17) is 4.74 Å². The first-order valence-electron chi connectivity index (χ1n) is 10.2. The van der Waals surface area contributed by atoms with Crippen molar-refractivity contribution in [2.75, 3.05) is 25.0 Å². The first-order valence-corrected chi connectivity index (χ1v) is 10.2. The number of halogens is 1. The number of anilines is 2. The summed E-state index contributed by atoms with van der Waals surface area (Å²) >= 11 is 0. The molecule has 2 aromatic rings. The molecule has 1 aromatic carbocycles. The van der Waals surface area contributed by atoms with E-state index in [2.05, 4.69) is 24.9 Å². The molecule has 7 nitrogen and oxygen atoms in total. The maximum absolute atomic E-state index is 14.5. The van der Waals surface area contributed by atoms with Crippen LogP contribution in [0, 0.1) is 5.82 Å². The zero-order valence-electron chi connectivity index (χ0n) is 17.5. The molecule has 2 atom stereocenters. The molecule has 30 heavy (non-hydrogen) atoms. The van der Waals surface area contributed by atoms with Gasteiger partial charge in [-0.25, -0.2) is 14.4 Å². The number of carbonyl (C=O) groups excluding carboxylic acids is 1. The monoisotopic (exact) mass is 414 g/mol. The summed E-state index contributed by atoms with van der Waals surface area (Å²) in [6.07, 6.45) is 6.16. The van der Waals surface area contributed by atoms with Gasteiger partial charge in [0.05, 0.1) is 6.61 Å². The lowest BCUT2D eigenvalue weighted by Gasteiger charge is -2.14. The average Bonchev–Trinajstić information content (AvgIpc) is 3.61. The van der Waals surface area contributed by atoms with Gasteiger partial charge >= 0.3 is 0 Å². The highest BCUT2D eigenvalue weighted by Gasteiger charge is 2.59. The number of aromatic nitrogens is 2. The summed E-state index contributed by atoms with van der Waals surface area (Å²) in [7, 11) is 0. The van der Waals surface area contributed by atoms with Gasteiger partial charge in [-0.15, -0.1) is 0 Å². The molecule has 8 heteroatoms. The van der Waals surface area contributed by atoms with Gasteiger partial charge in [-0.2, -0.15) is 0 Å². The summed E-state index contributed by atoms with van der Waals surface area (Å²) in [4.78, 5) is 20.4. The van der Waals surface area contributed by atoms with E-state index in [1.54, 1.807) is 6.07 Å². The van der Waals surface area contributed by atoms with E-state index in [1.165, 1.54) is 24.5 Å². The highest BCUT2D eigenvalue weighted by molar-refractivity contribution is 5.55. The van der Waals surface area contributed by atoms with Crippen LogP contribution in [-0.4, -0.2) is 46.6 Å². The molecule has 1 saturated carbocycles. The highest BCUT2D eigenvalue weighted by Crippen LogP contribution is 2.48. The molecule has 0 spiro atoms. The van der Waals surface area contributed by atoms with Crippen molar-refractivity contribution in [1.29, 1.82) is 0 Å². The van der Waals surface area contributed by atoms with Crippen LogP contribution < -0.4 is 5.32 Å². The molecule has 1 aromatic heterocycles. The van der Waals surface area contributed by atoms with Crippen LogP contribution in [0.3, 0.4) is 0 Å². The topological polar surface area (TPSA) is 76.4 Å². The normalized spacial score (nSPS) is 24.3. The van der Waals surface area contributed by atoms with Crippen molar-refractivity contribution in [3.8, 4) is 0 Å². The summed E-state index contributed by atoms with van der Waals surface area (Å²) in [5.41, 5.74) is 1.62. The summed E-state index contributed by atoms with van der Waals surface area (Å²) in [5.74, 6) is 0.867. The Hall–Kier alpha value is -2.58. The molecule has 5 rings (SSSR count). The summed E-state index contributed by atoms with van der Waals surface area (Å²) < 4.78 is 24.7. The van der Waals surface area contributed by atoms with Gasteiger partial charge in [-0.3, -0.25) is 9.69 Å². The highest BCUT2D eigenvalue weighted by atomic mass is 19.1. The lowest BCUT2D eigenvalue weighted by Crippen LogP contribution is -2.17. The average molecular weight is 414 g/mol. The minimum absolute atomic E-state index is 0.256. The lowest BCUT2D eigenvalue weighted by atomic mass is 10.1. The second-order valence-electron chi connectivity index (χ2n) is 8.81. The van der Waals surface area contributed by atoms with Gasteiger partial charge in [0.15, 0.2) is 5.72 Å². The first-order chi connectivity index (χ1) is 14.3. The fourth-order valence-corrected chi connectivity index (χ4v) is 3.49. The number of ether oxygens (including phenoxy) is 2. The number of rotatable bonds is 5. The van der Waals surface area contributed by atoms with Gasteiger partial charge in [-0.1, -0.05) is 0 Å². The first kappa shape index (κ1) is 20.7. The van der Waals surface area contributed by atoms with Crippen molar-refractivity contribution in [1.82, 2.24) is 14.9 Å². The Morgan fingerprint density at radius 2 is 2.03 bits per heavy atom. The molecule has 3 heterocycles. The fraction of sp³-hybridized carbons (Fsp3) is 0.500. The largest absolute Gasteiger partial charge is 0.462 e. The molecule has 0 bridgehead atoms. The third-order valence-electron chi connectivity index (χ3n) is 5.28. The number of carbonyl (C=O) groups is 1. The minimum atomic E-state index is -0.509. The zero-order valence-corrected chi connectivity index (χ0v) is 17.5. The number of morpholine rings is 1. The SMILES string of the molecule is CC(C)(C)OC=O.Fc1cc(Nc2ncc(C3CC3)cn2)ccc1C12CN1CCO2. The van der Waals surface area contributed by atoms with E-state index in [0.29, 0.717) is 36.2 Å². The maximum atomic E-state index is 14.5. The van der Waals surface area contributed by atoms with Gasteiger partial charge in [0.25, 0.3) is 6.47 Å². The van der Waals surface area contributed by atoms with Crippen LogP contribution in [0.2, 0.25) is 0 Å². The standard InChI is InChI=1S/C17H17FN4O.C5H10O2/c18-15-7-13(3-4-14(15)17-10-22(17)5-6-23-17)21-16-19-8-12(9-20-16)11-1-2-11;1-5(2,3)7-4-6/h3-4,7-9,11H,1-2,5-6,10H2,(H,19,20,21);4H,1-3H3. The molecule has 0 amide bonds. The van der Waals surface area contributed by atoms with Crippen molar-refractivity contribution >= 4 is 18.1 Å². The molecule has 160 valence electrons. The van der Waals surface area contributed by atoms with Crippen molar-refractivity contribution in [2.24, 2.45) is 0 Å². The van der Waals surface area contributed by atoms with Crippen LogP contribution in [0.1, 0.15) is 50.7 Å². The van der Waals surface area contributed by atoms with Gasteiger partial charge in [0.2, 0.25) is 5.95 Å². The van der Waals surface area contributed by atoms with Gasteiger partial charge in [0, 0.05) is 36.7 Å². The predicted octanol–water partition coefficient (Wildman–Crippen LogP) is 3.69. The Morgan fingerprint density at radius 3 is 2.50 bits per heavy atom. The number of hydrogen-bond donors (Lipinski definition) is 1. The molecule has 3 fully saturated rings. The van der Waals surface area contributed by atoms with E-state index in [0.717, 1.165) is 13.1 Å². The van der Waals surface area contributed by atoms with Gasteiger partial charge in [0.1, 0.15) is 11.4 Å². The Kier molecular flexibility index (Phi) is 5.46. The van der Waals surface area contributed by atoms with Crippen molar-refractivity contribution in [3.63, 3.8) is 0 Å². The summed E-state index contributed by atoms with van der Waals surface area (Å²) in [6.45, 7) is 8.24. The third kappa shape index (κ3) is 4.60. The van der Waals surface area contributed by atoms with Crippen LogP contribution in [0.15, 0.2) is 30.6 Å². The molecule has 2 unspecified atom stereocenters. The van der Waals surface area contributed by atoms with E-state index in [-0.39, 0.29) is 11.4 Å². The predicted molar refractivity (Wildman–Crippen MR) is 110 cm³/mol. The number of nitrogens with one attached hydrogen (secondary N) is 1. The number of hydrogen-bond acceptors (Lipinski definition) is 7. The van der Waals surface area contributed by atoms with Crippen LogP contribution in [0.4, 0.5) is 16.0 Å². The summed E-state index contributed by atoms with van der Waals surface area (Å²) in [5, 5.41) is 3.06. The van der Waals surface area contributed by atoms with Crippen LogP contribution in [-0.2, 0) is 20.0 Å². The van der Waals surface area contributed by atoms with Crippen LogP contribution >= 0.6 is 0 Å². The number of benzene rings is 1. The quantitative estimate of drug-likeness (QED) is 0.591. The van der Waals surface area contributed by atoms with E-state index < -0.39 is 5.72 Å². The Bertz CT molecular complexity index is 912. The van der Waals surface area contributed by atoms with Gasteiger partial charge < -0.3 is 14.8 Å². The minimum Gasteiger partial charge on any atom is -0.462 e. The molecule has 0 radical (unpaired) electrons. The molecule has 1 N–H and O–H groups in total. The smallest absolute Gasteiger partial charge is 0.293 e. The molecular formula is C22H27FN4O3. The number of fused-ring (bicyclic) bond motifs is 1. The molecule has 3 aliphatic rings. The molecule has 1 aliphatic carbocycles. The molecular weight excluding hydrogens is 387 g/mol. The fourth-order valence-electron chi connectivity index (χ4n) is 3.49. The van der Waals surface area contributed by atoms with Gasteiger partial charge in [-0.05, 0) is 63.3 Å². The van der Waals surface area contributed by atoms with Crippen LogP contribution in [0.5, 0.6) is 0 Å². The Morgan fingerprint density at radius 1 is 1.30 bits per heavy atom. The third-order valence-corrected chi connectivity index (χ3v) is 5.28. The Balaban J connectivity index is 0.000000272. The van der Waals surface area contributed by atoms with E-state index >= 15 is 0 Å². The van der Waals surface area contributed by atoms with Crippen molar-refractivity contribution in [2.45, 2.75) is 50.9 Å². The Labute approximate surface area is 175 Å². The van der Waals surface area contributed by atoms with Crippen molar-refractivity contribution < 1.29 is 18.7 Å². The molecule has 2 aliphatic heterocycles. The van der Waals surface area contributed by atoms with E-state index in [1.807, 2.05) is 39.2 Å². The van der Waals surface area contributed by atoms with Crippen LogP contribution in [0.25, 0.3) is 0 Å². The second kappa shape index (κ2) is 7.92. The second-order valence-corrected chi connectivity index (χ2v) is 8.81. The summed E-state index contributed by atoms with van der Waals surface area (Å²) in [6, 6.07) is 5.13. The lowest BCUT2D eigenvalue weighted by molar-refractivity contribution is -0.138. The number of nitrogens with zero attached hydrogens (tertiary/aromatic N) is 3. The molecule has 2 saturated heterocycles. The van der Waals surface area contributed by atoms with Crippen molar-refractivity contribution in [3.05, 3.63) is 47.5 Å². The van der Waals surface area contributed by atoms with E-state index in [9.17, 15) is 9.18 Å². The maximum Gasteiger partial charge on any atom is 0.293 e.